The molecule has 2 aliphatic rings. The van der Waals surface area contributed by atoms with E-state index in [4.69, 9.17) is 4.74 Å². The van der Waals surface area contributed by atoms with Gasteiger partial charge in [0.1, 0.15) is 5.75 Å². The van der Waals surface area contributed by atoms with Crippen LogP contribution in [-0.2, 0) is 4.79 Å². The molecule has 37 heavy (non-hydrogen) atoms. The van der Waals surface area contributed by atoms with Gasteiger partial charge in [0, 0.05) is 41.4 Å². The van der Waals surface area contributed by atoms with Gasteiger partial charge in [-0.05, 0) is 68.3 Å². The van der Waals surface area contributed by atoms with Gasteiger partial charge in [-0.2, -0.15) is 0 Å². The molecule has 0 radical (unpaired) electrons. The summed E-state index contributed by atoms with van der Waals surface area (Å²) in [5.74, 6) is 6.41. The van der Waals surface area contributed by atoms with Gasteiger partial charge < -0.3 is 20.3 Å². The number of urea groups is 1. The molecule has 2 aliphatic heterocycles. The van der Waals surface area contributed by atoms with Crippen LogP contribution < -0.4 is 15.4 Å². The molecule has 1 atom stereocenters. The van der Waals surface area contributed by atoms with Crippen LogP contribution >= 0.6 is 0 Å². The van der Waals surface area contributed by atoms with Crippen molar-refractivity contribution in [3.05, 3.63) is 89.5 Å². The van der Waals surface area contributed by atoms with E-state index >= 15 is 0 Å². The lowest BCUT2D eigenvalue weighted by molar-refractivity contribution is -0.122. The van der Waals surface area contributed by atoms with E-state index in [-0.39, 0.29) is 23.6 Å². The van der Waals surface area contributed by atoms with Crippen molar-refractivity contribution in [2.75, 3.05) is 23.7 Å². The van der Waals surface area contributed by atoms with E-state index in [9.17, 15) is 14.4 Å². The van der Waals surface area contributed by atoms with Gasteiger partial charge in [0.2, 0.25) is 0 Å². The summed E-state index contributed by atoms with van der Waals surface area (Å²) < 4.78 is 5.57. The third-order valence-electron chi connectivity index (χ3n) is 6.59. The van der Waals surface area contributed by atoms with Crippen LogP contribution in [0, 0.1) is 17.8 Å². The SMILES string of the molecule is CC1Oc2ccc(C(=O)C3CCN(C(=O)Nc4cccc(C#Cc5ccccc5)c4)CC3)cc2NC1=O. The van der Waals surface area contributed by atoms with Crippen molar-refractivity contribution in [2.45, 2.75) is 25.9 Å². The summed E-state index contributed by atoms with van der Waals surface area (Å²) in [6.07, 6.45) is 0.590. The largest absolute Gasteiger partial charge is 0.479 e. The van der Waals surface area contributed by atoms with Crippen LogP contribution in [0.4, 0.5) is 16.2 Å². The maximum absolute atomic E-state index is 13.1. The van der Waals surface area contributed by atoms with Gasteiger partial charge in [0.05, 0.1) is 5.69 Å². The molecule has 3 aromatic rings. The van der Waals surface area contributed by atoms with Gasteiger partial charge in [-0.15, -0.1) is 0 Å². The number of Topliss-reactive ketones (excluding diaryl/α,β-unsaturated/α-hetero) is 1. The number of hydrogen-bond donors (Lipinski definition) is 2. The van der Waals surface area contributed by atoms with E-state index in [1.54, 1.807) is 30.0 Å². The number of ketones is 1. The van der Waals surface area contributed by atoms with Crippen molar-refractivity contribution in [1.29, 1.82) is 0 Å². The first kappa shape index (κ1) is 24.1. The number of nitrogens with one attached hydrogen (secondary N) is 2. The van der Waals surface area contributed by atoms with Crippen LogP contribution in [0.1, 0.15) is 41.3 Å². The number of fused-ring (bicyclic) bond motifs is 1. The Morgan fingerprint density at radius 1 is 0.946 bits per heavy atom. The Kier molecular flexibility index (Phi) is 6.91. The summed E-state index contributed by atoms with van der Waals surface area (Å²) in [6.45, 7) is 2.65. The van der Waals surface area contributed by atoms with Gasteiger partial charge in [-0.1, -0.05) is 36.1 Å². The van der Waals surface area contributed by atoms with Crippen molar-refractivity contribution in [1.82, 2.24) is 4.90 Å². The summed E-state index contributed by atoms with van der Waals surface area (Å²) >= 11 is 0. The number of carbonyl (C=O) groups excluding carboxylic acids is 3. The number of anilines is 2. The minimum atomic E-state index is -0.561. The number of ether oxygens (including phenoxy) is 1. The molecule has 7 nitrogen and oxygen atoms in total. The minimum absolute atomic E-state index is 0.0143. The molecular weight excluding hydrogens is 466 g/mol. The highest BCUT2D eigenvalue weighted by atomic mass is 16.5. The second-order valence-corrected chi connectivity index (χ2v) is 9.21. The molecule has 2 heterocycles. The number of carbonyl (C=O) groups is 3. The predicted octanol–water partition coefficient (Wildman–Crippen LogP) is 4.93. The zero-order valence-electron chi connectivity index (χ0n) is 20.5. The highest BCUT2D eigenvalue weighted by Crippen LogP contribution is 2.32. The lowest BCUT2D eigenvalue weighted by Crippen LogP contribution is -2.42. The lowest BCUT2D eigenvalue weighted by Gasteiger charge is -2.31. The monoisotopic (exact) mass is 493 g/mol. The van der Waals surface area contributed by atoms with Crippen LogP contribution in [0.5, 0.6) is 5.75 Å². The first-order valence-electron chi connectivity index (χ1n) is 12.3. The molecule has 3 amide bonds. The molecule has 3 aromatic carbocycles. The molecule has 0 aliphatic carbocycles. The summed E-state index contributed by atoms with van der Waals surface area (Å²) in [5, 5.41) is 5.74. The third kappa shape index (κ3) is 5.65. The summed E-state index contributed by atoms with van der Waals surface area (Å²) in [4.78, 5) is 39.6. The number of amides is 3. The Morgan fingerprint density at radius 2 is 1.68 bits per heavy atom. The number of nitrogens with zero attached hydrogens (tertiary/aromatic N) is 1. The first-order chi connectivity index (χ1) is 18.0. The summed E-state index contributed by atoms with van der Waals surface area (Å²) in [7, 11) is 0. The molecule has 186 valence electrons. The molecule has 1 saturated heterocycles. The van der Waals surface area contributed by atoms with Crippen molar-refractivity contribution in [3.8, 4) is 17.6 Å². The zero-order chi connectivity index (χ0) is 25.8. The molecule has 7 heteroatoms. The van der Waals surface area contributed by atoms with Crippen molar-refractivity contribution in [2.24, 2.45) is 5.92 Å². The van der Waals surface area contributed by atoms with E-state index in [1.807, 2.05) is 54.6 Å². The van der Waals surface area contributed by atoms with E-state index in [1.165, 1.54) is 0 Å². The average molecular weight is 494 g/mol. The maximum Gasteiger partial charge on any atom is 0.321 e. The topological polar surface area (TPSA) is 87.7 Å². The Morgan fingerprint density at radius 3 is 2.46 bits per heavy atom. The molecule has 0 spiro atoms. The second kappa shape index (κ2) is 10.6. The normalized spacial score (nSPS) is 16.9. The van der Waals surface area contributed by atoms with E-state index in [2.05, 4.69) is 22.5 Å². The highest BCUT2D eigenvalue weighted by molar-refractivity contribution is 6.02. The van der Waals surface area contributed by atoms with Gasteiger partial charge in [-0.25, -0.2) is 4.79 Å². The molecule has 0 bridgehead atoms. The molecular formula is C30H27N3O4. The van der Waals surface area contributed by atoms with Crippen LogP contribution in [0.3, 0.4) is 0 Å². The summed E-state index contributed by atoms with van der Waals surface area (Å²) in [5.41, 5.74) is 3.47. The van der Waals surface area contributed by atoms with Crippen LogP contribution in [0.25, 0.3) is 0 Å². The van der Waals surface area contributed by atoms with Gasteiger partial charge in [-0.3, -0.25) is 9.59 Å². The van der Waals surface area contributed by atoms with E-state index in [0.29, 0.717) is 48.6 Å². The Labute approximate surface area is 215 Å². The van der Waals surface area contributed by atoms with Crippen LogP contribution in [0.2, 0.25) is 0 Å². The fraction of sp³-hybridized carbons (Fsp3) is 0.233. The van der Waals surface area contributed by atoms with Crippen molar-refractivity contribution >= 4 is 29.1 Å². The Hall–Kier alpha value is -4.57. The molecule has 5 rings (SSSR count). The fourth-order valence-corrected chi connectivity index (χ4v) is 4.49. The molecule has 0 aromatic heterocycles. The fourth-order valence-electron chi connectivity index (χ4n) is 4.49. The molecule has 1 fully saturated rings. The van der Waals surface area contributed by atoms with Crippen molar-refractivity contribution < 1.29 is 19.1 Å². The predicted molar refractivity (Wildman–Crippen MR) is 142 cm³/mol. The molecule has 1 unspecified atom stereocenters. The Balaban J connectivity index is 1.17. The number of likely N-dealkylation sites (tertiary alicyclic amines) is 1. The second-order valence-electron chi connectivity index (χ2n) is 9.21. The van der Waals surface area contributed by atoms with Crippen LogP contribution in [-0.4, -0.2) is 41.8 Å². The number of rotatable bonds is 3. The van der Waals surface area contributed by atoms with E-state index in [0.717, 1.165) is 11.1 Å². The standard InChI is InChI=1S/C30H27N3O4/c1-20-29(35)32-26-19-24(12-13-27(26)37-20)28(34)23-14-16-33(17-15-23)30(36)31-25-9-5-8-22(18-25)11-10-21-6-3-2-4-7-21/h2-9,12-13,18-20,23H,14-17H2,1H3,(H,31,36)(H,32,35). The minimum Gasteiger partial charge on any atom is -0.479 e. The number of benzene rings is 3. The first-order valence-corrected chi connectivity index (χ1v) is 12.3. The molecule has 0 saturated carbocycles. The third-order valence-corrected chi connectivity index (χ3v) is 6.59. The van der Waals surface area contributed by atoms with Crippen molar-refractivity contribution in [3.63, 3.8) is 0 Å². The van der Waals surface area contributed by atoms with Crippen LogP contribution in [0.15, 0.2) is 72.8 Å². The van der Waals surface area contributed by atoms with Gasteiger partial charge >= 0.3 is 6.03 Å². The Bertz CT molecular complexity index is 1400. The quantitative estimate of drug-likeness (QED) is 0.400. The average Bonchev–Trinajstić information content (AvgIpc) is 2.93. The lowest BCUT2D eigenvalue weighted by atomic mass is 9.88. The van der Waals surface area contributed by atoms with Gasteiger partial charge in [0.25, 0.3) is 5.91 Å². The van der Waals surface area contributed by atoms with E-state index < -0.39 is 6.10 Å². The number of hydrogen-bond acceptors (Lipinski definition) is 4. The highest BCUT2D eigenvalue weighted by Gasteiger charge is 2.30. The zero-order valence-corrected chi connectivity index (χ0v) is 20.5. The van der Waals surface area contributed by atoms with Gasteiger partial charge in [0.15, 0.2) is 11.9 Å². The smallest absolute Gasteiger partial charge is 0.321 e. The summed E-state index contributed by atoms with van der Waals surface area (Å²) in [6, 6.07) is 22.1. The maximum atomic E-state index is 13.1. The molecule has 2 N–H and O–H groups in total. The number of piperidine rings is 1.